The average molecular weight is 487 g/mol. The van der Waals surface area contributed by atoms with E-state index in [1.165, 1.54) is 4.31 Å². The van der Waals surface area contributed by atoms with Crippen molar-refractivity contribution >= 4 is 15.9 Å². The van der Waals surface area contributed by atoms with Gasteiger partial charge in [0.25, 0.3) is 0 Å². The molecule has 2 aromatic rings. The van der Waals surface area contributed by atoms with Gasteiger partial charge in [-0.1, -0.05) is 69.3 Å². The minimum atomic E-state index is -3.37. The third-order valence-corrected chi connectivity index (χ3v) is 8.14. The van der Waals surface area contributed by atoms with E-state index in [0.29, 0.717) is 39.0 Å². The summed E-state index contributed by atoms with van der Waals surface area (Å²) in [6.45, 7) is 7.92. The molecule has 1 amide bonds. The second kappa shape index (κ2) is 11.8. The molecule has 2 aromatic carbocycles. The summed E-state index contributed by atoms with van der Waals surface area (Å²) in [5.74, 6) is 0.517. The summed E-state index contributed by atoms with van der Waals surface area (Å²) >= 11 is 0. The van der Waals surface area contributed by atoms with E-state index in [9.17, 15) is 13.2 Å². The summed E-state index contributed by atoms with van der Waals surface area (Å²) in [5.41, 5.74) is 2.24. The number of piperidine rings is 1. The van der Waals surface area contributed by atoms with Crippen LogP contribution in [0.25, 0.3) is 0 Å². The molecule has 1 unspecified atom stereocenters. The number of rotatable bonds is 10. The van der Waals surface area contributed by atoms with Crippen LogP contribution in [-0.2, 0) is 26.7 Å². The summed E-state index contributed by atoms with van der Waals surface area (Å²) < 4.78 is 33.1. The maximum absolute atomic E-state index is 12.8. The molecule has 1 saturated heterocycles. The first-order valence-electron chi connectivity index (χ1n) is 12.2. The lowest BCUT2D eigenvalue weighted by molar-refractivity contribution is -0.126. The minimum absolute atomic E-state index is 0.0298. The first-order valence-corrected chi connectivity index (χ1v) is 13.8. The fourth-order valence-corrected chi connectivity index (χ4v) is 5.91. The highest BCUT2D eigenvalue weighted by molar-refractivity contribution is 7.89. The number of ether oxygens (including phenoxy) is 1. The maximum atomic E-state index is 12.8. The molecule has 1 fully saturated rings. The van der Waals surface area contributed by atoms with Gasteiger partial charge in [0.2, 0.25) is 15.9 Å². The fraction of sp³-hybridized carbons (Fsp3) is 0.519. The molecule has 0 spiro atoms. The van der Waals surface area contributed by atoms with Gasteiger partial charge in [-0.15, -0.1) is 0 Å². The SMILES string of the molecule is CC(C)(C)c1ccccc1OCCNC(=O)C1CCCN(S(=O)(=O)CCCc2ccccc2)C1. The number of aryl methyl sites for hydroxylation is 1. The van der Waals surface area contributed by atoms with E-state index >= 15 is 0 Å². The standard InChI is InChI=1S/C27H38N2O4S/c1-27(2,3)24-15-7-8-16-25(24)33-19-17-28-26(30)23-14-9-18-29(21-23)34(31,32)20-10-13-22-11-5-4-6-12-22/h4-8,11-12,15-16,23H,9-10,13-14,17-21H2,1-3H3,(H,28,30). The minimum Gasteiger partial charge on any atom is -0.491 e. The van der Waals surface area contributed by atoms with Crippen molar-refractivity contribution in [2.24, 2.45) is 5.92 Å². The van der Waals surface area contributed by atoms with Crippen molar-refractivity contribution in [1.82, 2.24) is 9.62 Å². The summed E-state index contributed by atoms with van der Waals surface area (Å²) in [6, 6.07) is 17.9. The van der Waals surface area contributed by atoms with Crippen LogP contribution in [0.15, 0.2) is 54.6 Å². The number of amides is 1. The topological polar surface area (TPSA) is 75.7 Å². The molecule has 1 aliphatic heterocycles. The monoisotopic (exact) mass is 486 g/mol. The van der Waals surface area contributed by atoms with E-state index in [0.717, 1.165) is 23.3 Å². The second-order valence-corrected chi connectivity index (χ2v) is 12.1. The third-order valence-electron chi connectivity index (χ3n) is 6.21. The third kappa shape index (κ3) is 7.57. The highest BCUT2D eigenvalue weighted by Crippen LogP contribution is 2.30. The Kier molecular flexibility index (Phi) is 9.14. The summed E-state index contributed by atoms with van der Waals surface area (Å²) in [7, 11) is -3.37. The highest BCUT2D eigenvalue weighted by Gasteiger charge is 2.32. The first kappa shape index (κ1) is 26.2. The molecular formula is C27H38N2O4S. The number of nitrogens with zero attached hydrogens (tertiary/aromatic N) is 1. The van der Waals surface area contributed by atoms with E-state index in [4.69, 9.17) is 4.74 Å². The van der Waals surface area contributed by atoms with Gasteiger partial charge in [0.15, 0.2) is 0 Å². The van der Waals surface area contributed by atoms with E-state index in [-0.39, 0.29) is 29.5 Å². The Morgan fingerprint density at radius 1 is 1.09 bits per heavy atom. The summed E-state index contributed by atoms with van der Waals surface area (Å²) in [4.78, 5) is 12.7. The van der Waals surface area contributed by atoms with Crippen LogP contribution < -0.4 is 10.1 Å². The number of hydrogen-bond acceptors (Lipinski definition) is 4. The predicted molar refractivity (Wildman–Crippen MR) is 136 cm³/mol. The summed E-state index contributed by atoms with van der Waals surface area (Å²) in [6.07, 6.45) is 2.71. The molecule has 1 heterocycles. The van der Waals surface area contributed by atoms with Crippen molar-refractivity contribution in [1.29, 1.82) is 0 Å². The molecule has 0 saturated carbocycles. The van der Waals surface area contributed by atoms with Crippen LogP contribution in [-0.4, -0.2) is 50.6 Å². The zero-order chi connectivity index (χ0) is 24.6. The van der Waals surface area contributed by atoms with Gasteiger partial charge in [-0.25, -0.2) is 12.7 Å². The molecule has 1 atom stereocenters. The van der Waals surface area contributed by atoms with E-state index in [2.05, 4.69) is 32.2 Å². The van der Waals surface area contributed by atoms with Crippen LogP contribution in [0.1, 0.15) is 51.2 Å². The highest BCUT2D eigenvalue weighted by atomic mass is 32.2. The average Bonchev–Trinajstić information content (AvgIpc) is 2.82. The molecule has 0 bridgehead atoms. The van der Waals surface area contributed by atoms with Crippen molar-refractivity contribution < 1.29 is 17.9 Å². The number of carbonyl (C=O) groups is 1. The Morgan fingerprint density at radius 2 is 1.79 bits per heavy atom. The van der Waals surface area contributed by atoms with Crippen LogP contribution in [0.5, 0.6) is 5.75 Å². The molecule has 1 aliphatic rings. The lowest BCUT2D eigenvalue weighted by Crippen LogP contribution is -2.46. The Balaban J connectivity index is 1.44. The van der Waals surface area contributed by atoms with Gasteiger partial charge in [-0.3, -0.25) is 4.79 Å². The van der Waals surface area contributed by atoms with E-state index < -0.39 is 10.0 Å². The van der Waals surface area contributed by atoms with Gasteiger partial charge in [0.1, 0.15) is 12.4 Å². The maximum Gasteiger partial charge on any atom is 0.224 e. The fourth-order valence-electron chi connectivity index (χ4n) is 4.33. The quantitative estimate of drug-likeness (QED) is 0.512. The molecule has 1 N–H and O–H groups in total. The number of para-hydroxylation sites is 1. The first-order chi connectivity index (χ1) is 16.2. The molecule has 34 heavy (non-hydrogen) atoms. The Hall–Kier alpha value is -2.38. The van der Waals surface area contributed by atoms with E-state index in [1.807, 2.05) is 48.5 Å². The van der Waals surface area contributed by atoms with Gasteiger partial charge >= 0.3 is 0 Å². The number of hydrogen-bond donors (Lipinski definition) is 1. The van der Waals surface area contributed by atoms with Gasteiger partial charge in [-0.2, -0.15) is 0 Å². The largest absolute Gasteiger partial charge is 0.491 e. The Bertz CT molecular complexity index is 1030. The van der Waals surface area contributed by atoms with Crippen LogP contribution in [0.3, 0.4) is 0 Å². The lowest BCUT2D eigenvalue weighted by atomic mass is 9.86. The van der Waals surface area contributed by atoms with Crippen molar-refractivity contribution in [2.45, 2.75) is 51.9 Å². The number of nitrogens with one attached hydrogen (secondary N) is 1. The lowest BCUT2D eigenvalue weighted by Gasteiger charge is -2.31. The van der Waals surface area contributed by atoms with Gasteiger partial charge < -0.3 is 10.1 Å². The second-order valence-electron chi connectivity index (χ2n) is 9.99. The van der Waals surface area contributed by atoms with Gasteiger partial charge in [0, 0.05) is 13.1 Å². The zero-order valence-corrected chi connectivity index (χ0v) is 21.4. The van der Waals surface area contributed by atoms with Crippen LogP contribution in [0, 0.1) is 5.92 Å². The molecule has 0 radical (unpaired) electrons. The Morgan fingerprint density at radius 3 is 2.53 bits per heavy atom. The predicted octanol–water partition coefficient (Wildman–Crippen LogP) is 4.15. The van der Waals surface area contributed by atoms with Crippen LogP contribution >= 0.6 is 0 Å². The number of carbonyl (C=O) groups excluding carboxylic acids is 1. The molecule has 3 rings (SSSR count). The number of sulfonamides is 1. The molecule has 0 aliphatic carbocycles. The van der Waals surface area contributed by atoms with Gasteiger partial charge in [-0.05, 0) is 48.3 Å². The molecule has 7 heteroatoms. The van der Waals surface area contributed by atoms with E-state index in [1.54, 1.807) is 0 Å². The van der Waals surface area contributed by atoms with Gasteiger partial charge in [0.05, 0.1) is 18.2 Å². The van der Waals surface area contributed by atoms with Crippen molar-refractivity contribution in [3.05, 3.63) is 65.7 Å². The molecule has 0 aromatic heterocycles. The smallest absolute Gasteiger partial charge is 0.224 e. The molecule has 186 valence electrons. The molecular weight excluding hydrogens is 448 g/mol. The van der Waals surface area contributed by atoms with Crippen molar-refractivity contribution in [3.8, 4) is 5.75 Å². The summed E-state index contributed by atoms with van der Waals surface area (Å²) in [5, 5.41) is 2.93. The molecule has 6 nitrogen and oxygen atoms in total. The number of benzene rings is 2. The zero-order valence-electron chi connectivity index (χ0n) is 20.6. The van der Waals surface area contributed by atoms with Crippen LogP contribution in [0.4, 0.5) is 0 Å². The van der Waals surface area contributed by atoms with Crippen molar-refractivity contribution in [2.75, 3.05) is 32.0 Å². The van der Waals surface area contributed by atoms with Crippen LogP contribution in [0.2, 0.25) is 0 Å². The van der Waals surface area contributed by atoms with Crippen molar-refractivity contribution in [3.63, 3.8) is 0 Å². The Labute approximate surface area is 204 Å². The normalized spacial score (nSPS) is 17.3.